The van der Waals surface area contributed by atoms with Gasteiger partial charge >= 0.3 is 6.09 Å². The Bertz CT molecular complexity index is 1250. The molecule has 2 unspecified atom stereocenters. The van der Waals surface area contributed by atoms with Crippen molar-refractivity contribution in [2.24, 2.45) is 11.8 Å². The maximum atomic E-state index is 14.7. The van der Waals surface area contributed by atoms with Crippen molar-refractivity contribution in [3.8, 4) is 5.88 Å². The molecular formula is C24H32FN5O6S. The Kier molecular flexibility index (Phi) is 7.47. The molecular weight excluding hydrogens is 505 g/mol. The van der Waals surface area contributed by atoms with E-state index >= 15 is 0 Å². The molecule has 0 saturated carbocycles. The van der Waals surface area contributed by atoms with Crippen molar-refractivity contribution in [1.82, 2.24) is 14.9 Å². The zero-order valence-electron chi connectivity index (χ0n) is 21.4. The van der Waals surface area contributed by atoms with E-state index in [1.54, 1.807) is 11.9 Å². The number of halogens is 1. The lowest BCUT2D eigenvalue weighted by Crippen LogP contribution is -2.59. The molecule has 13 heteroatoms. The van der Waals surface area contributed by atoms with Crippen LogP contribution in [0.1, 0.15) is 20.8 Å². The van der Waals surface area contributed by atoms with E-state index in [1.165, 1.54) is 18.5 Å². The van der Waals surface area contributed by atoms with Crippen LogP contribution in [-0.2, 0) is 19.3 Å². The molecule has 1 amide bonds. The summed E-state index contributed by atoms with van der Waals surface area (Å²) in [7, 11) is -1.88. The summed E-state index contributed by atoms with van der Waals surface area (Å²) in [5.74, 6) is -0.423. The molecule has 11 nitrogen and oxygen atoms in total. The number of aromatic nitrogens is 2. The van der Waals surface area contributed by atoms with Crippen molar-refractivity contribution in [2.75, 3.05) is 50.2 Å². The molecule has 0 aliphatic carbocycles. The Balaban J connectivity index is 1.53. The summed E-state index contributed by atoms with van der Waals surface area (Å²) in [5.41, 5.74) is -0.140. The zero-order chi connectivity index (χ0) is 27.0. The molecule has 0 radical (unpaired) electrons. The van der Waals surface area contributed by atoms with Gasteiger partial charge in [-0.05, 0) is 39.0 Å². The SMILES string of the molecule is CNc1c(Nc2ccc(S(C)(=O)=O)cc2F)ncnc1OC1C2COCC1CN(C(=O)OC(C)(C)C)C2. The second-order valence-electron chi connectivity index (χ2n) is 10.2. The average molecular weight is 538 g/mol. The summed E-state index contributed by atoms with van der Waals surface area (Å²) in [6.45, 7) is 7.16. The van der Waals surface area contributed by atoms with E-state index in [2.05, 4.69) is 20.6 Å². The van der Waals surface area contributed by atoms with Crippen molar-refractivity contribution in [3.05, 3.63) is 30.3 Å². The highest BCUT2D eigenvalue weighted by molar-refractivity contribution is 7.90. The monoisotopic (exact) mass is 537 g/mol. The molecule has 2 aromatic rings. The van der Waals surface area contributed by atoms with Crippen LogP contribution < -0.4 is 15.4 Å². The molecule has 2 atom stereocenters. The molecule has 4 rings (SSSR count). The molecule has 0 spiro atoms. The number of amides is 1. The first kappa shape index (κ1) is 26.9. The molecule has 37 heavy (non-hydrogen) atoms. The number of nitrogens with zero attached hydrogens (tertiary/aromatic N) is 3. The summed E-state index contributed by atoms with van der Waals surface area (Å²) in [6, 6.07) is 3.61. The molecule has 3 heterocycles. The highest BCUT2D eigenvalue weighted by atomic mass is 32.2. The Morgan fingerprint density at radius 1 is 1.19 bits per heavy atom. The fraction of sp³-hybridized carbons (Fsp3) is 0.542. The number of piperidine rings is 1. The minimum absolute atomic E-state index is 0.0458. The fourth-order valence-corrected chi connectivity index (χ4v) is 5.06. The van der Waals surface area contributed by atoms with Crippen molar-refractivity contribution < 1.29 is 31.8 Å². The van der Waals surface area contributed by atoms with E-state index in [-0.39, 0.29) is 46.3 Å². The van der Waals surface area contributed by atoms with Crippen LogP contribution in [-0.4, -0.2) is 80.7 Å². The Morgan fingerprint density at radius 3 is 2.43 bits per heavy atom. The van der Waals surface area contributed by atoms with Crippen LogP contribution in [0.2, 0.25) is 0 Å². The summed E-state index contributed by atoms with van der Waals surface area (Å²) in [6.07, 6.45) is 1.67. The number of nitrogens with one attached hydrogen (secondary N) is 2. The van der Waals surface area contributed by atoms with Gasteiger partial charge in [0.15, 0.2) is 15.7 Å². The lowest BCUT2D eigenvalue weighted by atomic mass is 9.84. The number of anilines is 3. The topological polar surface area (TPSA) is 132 Å². The minimum atomic E-state index is -3.55. The first-order chi connectivity index (χ1) is 17.4. The van der Waals surface area contributed by atoms with Gasteiger partial charge in [0.1, 0.15) is 29.5 Å². The highest BCUT2D eigenvalue weighted by Gasteiger charge is 2.44. The van der Waals surface area contributed by atoms with Gasteiger partial charge in [-0.2, -0.15) is 4.98 Å². The zero-order valence-corrected chi connectivity index (χ0v) is 22.3. The first-order valence-electron chi connectivity index (χ1n) is 11.9. The maximum Gasteiger partial charge on any atom is 0.410 e. The molecule has 2 bridgehead atoms. The lowest BCUT2D eigenvalue weighted by Gasteiger charge is -2.46. The van der Waals surface area contributed by atoms with Gasteiger partial charge < -0.3 is 29.7 Å². The summed E-state index contributed by atoms with van der Waals surface area (Å²) < 4.78 is 55.7. The summed E-state index contributed by atoms with van der Waals surface area (Å²) >= 11 is 0. The molecule has 1 aromatic carbocycles. The van der Waals surface area contributed by atoms with Crippen LogP contribution in [0.15, 0.2) is 29.4 Å². The van der Waals surface area contributed by atoms with Gasteiger partial charge in [-0.1, -0.05) is 0 Å². The van der Waals surface area contributed by atoms with Gasteiger partial charge in [-0.25, -0.2) is 22.6 Å². The number of carbonyl (C=O) groups excluding carboxylic acids is 1. The number of hydrogen-bond donors (Lipinski definition) is 2. The number of rotatable bonds is 6. The van der Waals surface area contributed by atoms with Gasteiger partial charge in [0.25, 0.3) is 0 Å². The smallest absolute Gasteiger partial charge is 0.410 e. The number of fused-ring (bicyclic) bond motifs is 2. The van der Waals surface area contributed by atoms with Crippen LogP contribution in [0.3, 0.4) is 0 Å². The molecule has 2 aliphatic heterocycles. The average Bonchev–Trinajstić information content (AvgIpc) is 2.78. The van der Waals surface area contributed by atoms with Gasteiger partial charge in [-0.3, -0.25) is 0 Å². The van der Waals surface area contributed by atoms with Crippen molar-refractivity contribution >= 4 is 33.1 Å². The summed E-state index contributed by atoms with van der Waals surface area (Å²) in [4.78, 5) is 22.7. The third-order valence-corrected chi connectivity index (χ3v) is 7.20. The van der Waals surface area contributed by atoms with Crippen LogP contribution in [0.25, 0.3) is 0 Å². The fourth-order valence-electron chi connectivity index (χ4n) is 4.43. The molecule has 2 fully saturated rings. The van der Waals surface area contributed by atoms with E-state index in [0.717, 1.165) is 12.3 Å². The second-order valence-corrected chi connectivity index (χ2v) is 12.2. The molecule has 1 aromatic heterocycles. The number of ether oxygens (including phenoxy) is 3. The number of benzene rings is 1. The number of sulfone groups is 1. The Labute approximate surface area is 215 Å². The predicted molar refractivity (Wildman–Crippen MR) is 134 cm³/mol. The van der Waals surface area contributed by atoms with Crippen molar-refractivity contribution in [3.63, 3.8) is 0 Å². The van der Waals surface area contributed by atoms with Crippen molar-refractivity contribution in [2.45, 2.75) is 37.4 Å². The lowest BCUT2D eigenvalue weighted by molar-refractivity contribution is -0.113. The van der Waals surface area contributed by atoms with Crippen LogP contribution in [0.4, 0.5) is 26.4 Å². The van der Waals surface area contributed by atoms with E-state index < -0.39 is 21.3 Å². The standard InChI is InChI=1S/C24H32FN5O6S/c1-24(2,3)36-23(31)30-9-14-11-34-12-15(10-30)20(14)35-22-19(26-4)21(27-13-28-22)29-18-7-6-16(8-17(18)25)37(5,32)33/h6-8,13-15,20,26H,9-12H2,1-5H3,(H,27,28,29). The molecule has 2 N–H and O–H groups in total. The van der Waals surface area contributed by atoms with Gasteiger partial charge in [0, 0.05) is 38.2 Å². The van der Waals surface area contributed by atoms with Crippen LogP contribution in [0.5, 0.6) is 5.88 Å². The van der Waals surface area contributed by atoms with E-state index in [1.807, 2.05) is 20.8 Å². The Morgan fingerprint density at radius 2 is 1.86 bits per heavy atom. The second kappa shape index (κ2) is 10.3. The van der Waals surface area contributed by atoms with Crippen molar-refractivity contribution in [1.29, 1.82) is 0 Å². The maximum absolute atomic E-state index is 14.7. The van der Waals surface area contributed by atoms with Gasteiger partial charge in [-0.15, -0.1) is 0 Å². The number of likely N-dealkylation sites (tertiary alicyclic amines) is 1. The Hall–Kier alpha value is -3.19. The number of carbonyl (C=O) groups is 1. The number of hydrogen-bond acceptors (Lipinski definition) is 10. The quantitative estimate of drug-likeness (QED) is 0.567. The first-order valence-corrected chi connectivity index (χ1v) is 13.8. The van der Waals surface area contributed by atoms with Crippen LogP contribution in [0, 0.1) is 17.7 Å². The molecule has 2 saturated heterocycles. The third kappa shape index (κ3) is 6.21. The molecule has 202 valence electrons. The van der Waals surface area contributed by atoms with E-state index in [4.69, 9.17) is 14.2 Å². The predicted octanol–water partition coefficient (Wildman–Crippen LogP) is 3.07. The minimum Gasteiger partial charge on any atom is -0.472 e. The van der Waals surface area contributed by atoms with Gasteiger partial charge in [0.05, 0.1) is 23.8 Å². The van der Waals surface area contributed by atoms with Gasteiger partial charge in [0.2, 0.25) is 5.88 Å². The van der Waals surface area contributed by atoms with E-state index in [9.17, 15) is 17.6 Å². The third-order valence-electron chi connectivity index (χ3n) is 6.09. The highest BCUT2D eigenvalue weighted by Crippen LogP contribution is 2.37. The molecule has 2 aliphatic rings. The normalized spacial score (nSPS) is 21.8. The van der Waals surface area contributed by atoms with Crippen LogP contribution >= 0.6 is 0 Å². The largest absolute Gasteiger partial charge is 0.472 e. The van der Waals surface area contributed by atoms with E-state index in [0.29, 0.717) is 32.0 Å². The summed E-state index contributed by atoms with van der Waals surface area (Å²) in [5, 5.41) is 5.89.